The monoisotopic (exact) mass is 327 g/mol. The number of hydrogen-bond acceptors (Lipinski definition) is 6. The zero-order valence-corrected chi connectivity index (χ0v) is 13.6. The fourth-order valence-corrected chi connectivity index (χ4v) is 2.46. The highest BCUT2D eigenvalue weighted by molar-refractivity contribution is 5.80. The molecule has 1 N–H and O–H groups in total. The lowest BCUT2D eigenvalue weighted by Crippen LogP contribution is -2.37. The highest BCUT2D eigenvalue weighted by Crippen LogP contribution is 2.15. The van der Waals surface area contributed by atoms with Crippen LogP contribution in [0.25, 0.3) is 11.2 Å². The van der Waals surface area contributed by atoms with Gasteiger partial charge < -0.3 is 4.57 Å². The molecule has 3 aromatic rings. The number of hydrogen-bond donors (Lipinski definition) is 1. The minimum Gasteiger partial charge on any atom is -0.303 e. The van der Waals surface area contributed by atoms with Crippen LogP contribution in [0, 0.1) is 0 Å². The summed E-state index contributed by atoms with van der Waals surface area (Å²) >= 11 is 0. The fraction of sp³-hybridized carbons (Fsp3) is 0.267. The summed E-state index contributed by atoms with van der Waals surface area (Å²) in [6.45, 7) is 2.40. The van der Waals surface area contributed by atoms with Gasteiger partial charge in [-0.1, -0.05) is 6.07 Å². The summed E-state index contributed by atoms with van der Waals surface area (Å²) in [5.74, 6) is 0.394. The SMILES string of the molecule is CCn1c(NN=Cc2cccnc2)nc2c1c(=O)n(C)c(=O)n2C. The molecule has 3 rings (SSSR count). The van der Waals surface area contributed by atoms with E-state index in [9.17, 15) is 9.59 Å². The maximum Gasteiger partial charge on any atom is 0.332 e. The molecule has 9 nitrogen and oxygen atoms in total. The molecule has 0 amide bonds. The van der Waals surface area contributed by atoms with Gasteiger partial charge in [-0.05, 0) is 13.0 Å². The number of nitrogens with one attached hydrogen (secondary N) is 1. The summed E-state index contributed by atoms with van der Waals surface area (Å²) in [4.78, 5) is 32.8. The Labute approximate surface area is 136 Å². The lowest BCUT2D eigenvalue weighted by molar-refractivity contribution is 0.700. The van der Waals surface area contributed by atoms with Crippen molar-refractivity contribution in [2.45, 2.75) is 13.5 Å². The van der Waals surface area contributed by atoms with Gasteiger partial charge in [-0.3, -0.25) is 18.9 Å². The number of aryl methyl sites for hydroxylation is 2. The molecule has 0 aliphatic heterocycles. The first-order chi connectivity index (χ1) is 11.5. The van der Waals surface area contributed by atoms with Crippen LogP contribution in [-0.2, 0) is 20.6 Å². The molecule has 0 bridgehead atoms. The molecular formula is C15H17N7O2. The van der Waals surface area contributed by atoms with Crippen LogP contribution in [0.5, 0.6) is 0 Å². The van der Waals surface area contributed by atoms with Gasteiger partial charge in [-0.15, -0.1) is 0 Å². The van der Waals surface area contributed by atoms with E-state index in [2.05, 4.69) is 20.5 Å². The predicted molar refractivity (Wildman–Crippen MR) is 91.3 cm³/mol. The first-order valence-electron chi connectivity index (χ1n) is 7.40. The molecule has 0 unspecified atom stereocenters. The van der Waals surface area contributed by atoms with Gasteiger partial charge in [-0.2, -0.15) is 10.1 Å². The van der Waals surface area contributed by atoms with Crippen LogP contribution in [0.1, 0.15) is 12.5 Å². The Kier molecular flexibility index (Phi) is 3.98. The van der Waals surface area contributed by atoms with Gasteiger partial charge in [0.25, 0.3) is 5.56 Å². The van der Waals surface area contributed by atoms with Crippen molar-refractivity contribution in [2.24, 2.45) is 19.2 Å². The van der Waals surface area contributed by atoms with Crippen molar-refractivity contribution in [3.8, 4) is 0 Å². The third-order valence-corrected chi connectivity index (χ3v) is 3.73. The van der Waals surface area contributed by atoms with Crippen LogP contribution in [-0.4, -0.2) is 29.9 Å². The zero-order chi connectivity index (χ0) is 17.3. The largest absolute Gasteiger partial charge is 0.332 e. The number of rotatable bonds is 4. The number of aromatic nitrogens is 5. The molecular weight excluding hydrogens is 310 g/mol. The number of imidazole rings is 1. The minimum absolute atomic E-state index is 0.323. The number of hydrazone groups is 1. The van der Waals surface area contributed by atoms with E-state index in [0.717, 1.165) is 10.1 Å². The van der Waals surface area contributed by atoms with Gasteiger partial charge in [-0.25, -0.2) is 10.2 Å². The Morgan fingerprint density at radius 2 is 2.08 bits per heavy atom. The Balaban J connectivity index is 2.08. The third-order valence-electron chi connectivity index (χ3n) is 3.73. The smallest absolute Gasteiger partial charge is 0.303 e. The highest BCUT2D eigenvalue weighted by atomic mass is 16.2. The van der Waals surface area contributed by atoms with Gasteiger partial charge in [0.05, 0.1) is 6.21 Å². The number of anilines is 1. The second-order valence-corrected chi connectivity index (χ2v) is 5.21. The van der Waals surface area contributed by atoms with Gasteiger partial charge in [0, 0.05) is 38.6 Å². The molecule has 0 spiro atoms. The van der Waals surface area contributed by atoms with Gasteiger partial charge in [0.15, 0.2) is 11.2 Å². The molecule has 0 fully saturated rings. The van der Waals surface area contributed by atoms with E-state index >= 15 is 0 Å². The molecule has 9 heteroatoms. The van der Waals surface area contributed by atoms with Crippen LogP contribution < -0.4 is 16.7 Å². The fourth-order valence-electron chi connectivity index (χ4n) is 2.46. The zero-order valence-electron chi connectivity index (χ0n) is 13.6. The Morgan fingerprint density at radius 3 is 2.75 bits per heavy atom. The second kappa shape index (κ2) is 6.11. The van der Waals surface area contributed by atoms with E-state index in [-0.39, 0.29) is 5.56 Å². The Hall–Kier alpha value is -3.23. The number of pyridine rings is 1. The average molecular weight is 327 g/mol. The van der Waals surface area contributed by atoms with Gasteiger partial charge in [0.2, 0.25) is 5.95 Å². The van der Waals surface area contributed by atoms with Crippen molar-refractivity contribution in [1.29, 1.82) is 0 Å². The van der Waals surface area contributed by atoms with E-state index in [1.807, 2.05) is 19.1 Å². The maximum absolute atomic E-state index is 12.4. The molecule has 3 heterocycles. The first kappa shape index (κ1) is 15.7. The molecule has 0 atom stereocenters. The molecule has 0 radical (unpaired) electrons. The van der Waals surface area contributed by atoms with Crippen molar-refractivity contribution < 1.29 is 0 Å². The maximum atomic E-state index is 12.4. The average Bonchev–Trinajstić information content (AvgIpc) is 2.97. The summed E-state index contributed by atoms with van der Waals surface area (Å²) in [5, 5.41) is 4.13. The van der Waals surface area contributed by atoms with Crippen LogP contribution in [0.2, 0.25) is 0 Å². The lowest BCUT2D eigenvalue weighted by atomic mass is 10.3. The lowest BCUT2D eigenvalue weighted by Gasteiger charge is -2.05. The molecule has 0 aromatic carbocycles. The number of fused-ring (bicyclic) bond motifs is 1. The van der Waals surface area contributed by atoms with Crippen LogP contribution >= 0.6 is 0 Å². The quantitative estimate of drug-likeness (QED) is 0.549. The van der Waals surface area contributed by atoms with Crippen molar-refractivity contribution in [1.82, 2.24) is 23.7 Å². The minimum atomic E-state index is -0.418. The van der Waals surface area contributed by atoms with Crippen molar-refractivity contribution >= 4 is 23.3 Å². The van der Waals surface area contributed by atoms with Crippen molar-refractivity contribution in [3.05, 3.63) is 50.9 Å². The standard InChI is InChI=1S/C15H17N7O2/c1-4-22-11-12(20(2)15(24)21(3)13(11)23)18-14(22)19-17-9-10-6-5-7-16-8-10/h5-9H,4H2,1-3H3,(H,18,19). The summed E-state index contributed by atoms with van der Waals surface area (Å²) in [6.07, 6.45) is 4.95. The molecule has 124 valence electrons. The molecule has 0 aliphatic rings. The first-order valence-corrected chi connectivity index (χ1v) is 7.40. The van der Waals surface area contributed by atoms with Gasteiger partial charge in [0.1, 0.15) is 0 Å². The Morgan fingerprint density at radius 1 is 1.29 bits per heavy atom. The summed E-state index contributed by atoms with van der Waals surface area (Å²) < 4.78 is 4.11. The normalized spacial score (nSPS) is 11.5. The molecule has 0 aliphatic carbocycles. The highest BCUT2D eigenvalue weighted by Gasteiger charge is 2.17. The molecule has 0 saturated heterocycles. The summed E-state index contributed by atoms with van der Waals surface area (Å²) in [7, 11) is 3.03. The molecule has 3 aromatic heterocycles. The topological polar surface area (TPSA) is 99.1 Å². The Bertz CT molecular complexity index is 1030. The van der Waals surface area contributed by atoms with Crippen molar-refractivity contribution in [2.75, 3.05) is 5.43 Å². The summed E-state index contributed by atoms with van der Waals surface area (Å²) in [5.41, 5.74) is 3.54. The van der Waals surface area contributed by atoms with E-state index < -0.39 is 5.69 Å². The van der Waals surface area contributed by atoms with Crippen LogP contribution in [0.3, 0.4) is 0 Å². The van der Waals surface area contributed by atoms with E-state index in [0.29, 0.717) is 23.7 Å². The van der Waals surface area contributed by atoms with Gasteiger partial charge >= 0.3 is 5.69 Å². The summed E-state index contributed by atoms with van der Waals surface area (Å²) in [6, 6.07) is 3.67. The second-order valence-electron chi connectivity index (χ2n) is 5.21. The molecule has 24 heavy (non-hydrogen) atoms. The van der Waals surface area contributed by atoms with Crippen LogP contribution in [0.4, 0.5) is 5.95 Å². The van der Waals surface area contributed by atoms with Crippen LogP contribution in [0.15, 0.2) is 39.2 Å². The van der Waals surface area contributed by atoms with Crippen molar-refractivity contribution in [3.63, 3.8) is 0 Å². The number of nitrogens with zero attached hydrogens (tertiary/aromatic N) is 6. The third kappa shape index (κ3) is 2.49. The van der Waals surface area contributed by atoms with E-state index in [4.69, 9.17) is 0 Å². The predicted octanol–water partition coefficient (Wildman–Crippen LogP) is 0.295. The van der Waals surface area contributed by atoms with E-state index in [1.165, 1.54) is 11.6 Å². The molecule has 0 saturated carbocycles. The van der Waals surface area contributed by atoms with E-state index in [1.54, 1.807) is 30.2 Å².